The minimum Gasteiger partial charge on any atom is -0.133 e. The molecule has 1 unspecified atom stereocenters. The maximum Gasteiger partial charge on any atom is 0.0846 e. The summed E-state index contributed by atoms with van der Waals surface area (Å²) in [6.07, 6.45) is 0. The van der Waals surface area contributed by atoms with E-state index in [1.54, 1.807) is 11.3 Å². The maximum absolute atomic E-state index is 6.44. The van der Waals surface area contributed by atoms with Crippen molar-refractivity contribution in [2.45, 2.75) is 12.3 Å². The van der Waals surface area contributed by atoms with Crippen molar-refractivity contribution in [2.24, 2.45) is 0 Å². The second-order valence-corrected chi connectivity index (χ2v) is 6.41. The number of alkyl halides is 1. The zero-order chi connectivity index (χ0) is 10.8. The van der Waals surface area contributed by atoms with Gasteiger partial charge in [-0.2, -0.15) is 0 Å². The molecule has 1 heterocycles. The normalized spacial score (nSPS) is 12.7. The molecule has 0 fully saturated rings. The van der Waals surface area contributed by atoms with Crippen LogP contribution in [-0.4, -0.2) is 0 Å². The monoisotopic (exact) mass is 300 g/mol. The minimum absolute atomic E-state index is 0.0475. The van der Waals surface area contributed by atoms with Crippen molar-refractivity contribution in [1.29, 1.82) is 0 Å². The first kappa shape index (κ1) is 11.2. The van der Waals surface area contributed by atoms with Gasteiger partial charge in [-0.25, -0.2) is 0 Å². The number of benzene rings is 1. The lowest BCUT2D eigenvalue weighted by Crippen LogP contribution is -1.92. The first-order valence-electron chi connectivity index (χ1n) is 4.63. The van der Waals surface area contributed by atoms with Gasteiger partial charge < -0.3 is 0 Å². The molecule has 0 N–H and O–H groups in total. The summed E-state index contributed by atoms with van der Waals surface area (Å²) in [4.78, 5) is 1.27. The molecule has 0 saturated heterocycles. The van der Waals surface area contributed by atoms with Crippen LogP contribution in [0.3, 0.4) is 0 Å². The third-order valence-corrected chi connectivity index (χ3v) is 4.35. The van der Waals surface area contributed by atoms with E-state index in [2.05, 4.69) is 41.1 Å². The van der Waals surface area contributed by atoms with Gasteiger partial charge in [0.25, 0.3) is 0 Å². The van der Waals surface area contributed by atoms with Crippen LogP contribution < -0.4 is 0 Å². The van der Waals surface area contributed by atoms with Crippen LogP contribution in [-0.2, 0) is 0 Å². The number of hydrogen-bond acceptors (Lipinski definition) is 1. The molecule has 0 bridgehead atoms. The van der Waals surface area contributed by atoms with Gasteiger partial charge in [-0.05, 0) is 40.0 Å². The van der Waals surface area contributed by atoms with E-state index in [0.717, 1.165) is 9.35 Å². The number of halogens is 2. The van der Waals surface area contributed by atoms with Crippen LogP contribution in [0.5, 0.6) is 0 Å². The molecule has 2 aromatic rings. The largest absolute Gasteiger partial charge is 0.133 e. The van der Waals surface area contributed by atoms with Crippen molar-refractivity contribution >= 4 is 38.9 Å². The molecule has 0 spiro atoms. The molecule has 2 rings (SSSR count). The van der Waals surface area contributed by atoms with Crippen molar-refractivity contribution < 1.29 is 0 Å². The lowest BCUT2D eigenvalue weighted by atomic mass is 10.1. The molecule has 1 aromatic heterocycles. The van der Waals surface area contributed by atoms with Gasteiger partial charge in [-0.15, -0.1) is 22.9 Å². The Kier molecular flexibility index (Phi) is 3.49. The fourth-order valence-corrected chi connectivity index (χ4v) is 3.70. The summed E-state index contributed by atoms with van der Waals surface area (Å²) in [5.41, 5.74) is 2.34. The molecule has 1 atom stereocenters. The Morgan fingerprint density at radius 3 is 2.47 bits per heavy atom. The van der Waals surface area contributed by atoms with E-state index in [0.29, 0.717) is 0 Å². The van der Waals surface area contributed by atoms with E-state index in [1.807, 2.05) is 18.2 Å². The Morgan fingerprint density at radius 1 is 1.27 bits per heavy atom. The van der Waals surface area contributed by atoms with Crippen molar-refractivity contribution in [3.05, 3.63) is 56.2 Å². The molecular weight excluding hydrogens is 292 g/mol. The number of thiophene rings is 1. The Morgan fingerprint density at radius 2 is 1.93 bits per heavy atom. The highest BCUT2D eigenvalue weighted by atomic mass is 79.9. The van der Waals surface area contributed by atoms with Crippen molar-refractivity contribution in [2.75, 3.05) is 0 Å². The van der Waals surface area contributed by atoms with Crippen LogP contribution in [0.25, 0.3) is 0 Å². The summed E-state index contributed by atoms with van der Waals surface area (Å²) in [5, 5.41) is -0.0475. The number of rotatable bonds is 2. The second-order valence-electron chi connectivity index (χ2n) is 3.34. The van der Waals surface area contributed by atoms with Gasteiger partial charge >= 0.3 is 0 Å². The smallest absolute Gasteiger partial charge is 0.0846 e. The zero-order valence-electron chi connectivity index (χ0n) is 8.21. The highest BCUT2D eigenvalue weighted by Crippen LogP contribution is 2.37. The van der Waals surface area contributed by atoms with Gasteiger partial charge in [-0.3, -0.25) is 0 Å². The number of hydrogen-bond donors (Lipinski definition) is 0. The summed E-state index contributed by atoms with van der Waals surface area (Å²) < 4.78 is 1.14. The van der Waals surface area contributed by atoms with Gasteiger partial charge in [-0.1, -0.05) is 30.3 Å². The van der Waals surface area contributed by atoms with Crippen molar-refractivity contribution in [3.63, 3.8) is 0 Å². The zero-order valence-corrected chi connectivity index (χ0v) is 11.4. The molecule has 0 aliphatic rings. The fourth-order valence-electron chi connectivity index (χ4n) is 1.51. The molecule has 78 valence electrons. The first-order chi connectivity index (χ1) is 7.18. The van der Waals surface area contributed by atoms with Crippen LogP contribution in [0.1, 0.15) is 21.4 Å². The van der Waals surface area contributed by atoms with E-state index in [1.165, 1.54) is 10.4 Å². The molecular formula is C12H10BrClS. The number of aryl methyl sites for hydroxylation is 1. The fraction of sp³-hybridized carbons (Fsp3) is 0.167. The Hall–Kier alpha value is -0.310. The van der Waals surface area contributed by atoms with Crippen LogP contribution in [0.4, 0.5) is 0 Å². The summed E-state index contributed by atoms with van der Waals surface area (Å²) in [5.74, 6) is 0. The Labute approximate surface area is 107 Å². The molecule has 0 nitrogen and oxygen atoms in total. The predicted molar refractivity (Wildman–Crippen MR) is 70.9 cm³/mol. The first-order valence-corrected chi connectivity index (χ1v) is 6.68. The average Bonchev–Trinajstić information content (AvgIpc) is 2.58. The lowest BCUT2D eigenvalue weighted by Gasteiger charge is -2.08. The molecule has 0 saturated carbocycles. The van der Waals surface area contributed by atoms with E-state index < -0.39 is 0 Å². The predicted octanol–water partition coefficient (Wildman–Crippen LogP) is 5.15. The lowest BCUT2D eigenvalue weighted by molar-refractivity contribution is 1.13. The van der Waals surface area contributed by atoms with Gasteiger partial charge in [0.1, 0.15) is 0 Å². The molecule has 15 heavy (non-hydrogen) atoms. The molecule has 0 aliphatic carbocycles. The van der Waals surface area contributed by atoms with Gasteiger partial charge in [0, 0.05) is 4.88 Å². The third kappa shape index (κ3) is 2.44. The quantitative estimate of drug-likeness (QED) is 0.673. The van der Waals surface area contributed by atoms with Gasteiger partial charge in [0.05, 0.1) is 9.16 Å². The maximum atomic E-state index is 6.44. The molecule has 3 heteroatoms. The minimum atomic E-state index is -0.0475. The van der Waals surface area contributed by atoms with E-state index >= 15 is 0 Å². The SMILES string of the molecule is Cc1sc(Br)cc1C(Cl)c1ccccc1. The van der Waals surface area contributed by atoms with Crippen LogP contribution in [0, 0.1) is 6.92 Å². The Balaban J connectivity index is 2.36. The van der Waals surface area contributed by atoms with Crippen molar-refractivity contribution in [3.8, 4) is 0 Å². The molecule has 0 amide bonds. The highest BCUT2D eigenvalue weighted by Gasteiger charge is 2.15. The summed E-state index contributed by atoms with van der Waals surface area (Å²) in [6.45, 7) is 2.10. The van der Waals surface area contributed by atoms with Crippen molar-refractivity contribution in [1.82, 2.24) is 0 Å². The van der Waals surface area contributed by atoms with Gasteiger partial charge in [0.15, 0.2) is 0 Å². The standard InChI is InChI=1S/C12H10BrClS/c1-8-10(7-11(13)15-8)12(14)9-5-3-2-4-6-9/h2-7,12H,1H3. The molecule has 0 aliphatic heterocycles. The summed E-state index contributed by atoms with van der Waals surface area (Å²) >= 11 is 11.6. The highest BCUT2D eigenvalue weighted by molar-refractivity contribution is 9.11. The Bertz CT molecular complexity index is 450. The van der Waals surface area contributed by atoms with Crippen LogP contribution in [0.2, 0.25) is 0 Å². The van der Waals surface area contributed by atoms with Gasteiger partial charge in [0.2, 0.25) is 0 Å². The molecule has 0 radical (unpaired) electrons. The van der Waals surface area contributed by atoms with E-state index in [4.69, 9.17) is 11.6 Å². The van der Waals surface area contributed by atoms with Crippen LogP contribution in [0.15, 0.2) is 40.2 Å². The average molecular weight is 302 g/mol. The third-order valence-electron chi connectivity index (χ3n) is 2.29. The van der Waals surface area contributed by atoms with Crippen LogP contribution >= 0.6 is 38.9 Å². The topological polar surface area (TPSA) is 0 Å². The van der Waals surface area contributed by atoms with E-state index in [-0.39, 0.29) is 5.38 Å². The van der Waals surface area contributed by atoms with E-state index in [9.17, 15) is 0 Å². The second kappa shape index (κ2) is 4.69. The molecule has 1 aromatic carbocycles. The summed E-state index contributed by atoms with van der Waals surface area (Å²) in [7, 11) is 0. The summed E-state index contributed by atoms with van der Waals surface area (Å²) in [6, 6.07) is 12.3.